The summed E-state index contributed by atoms with van der Waals surface area (Å²) >= 11 is 0. The topological polar surface area (TPSA) is 149 Å². The molecule has 0 atom stereocenters. The summed E-state index contributed by atoms with van der Waals surface area (Å²) < 4.78 is 23.7. The zero-order valence-electron chi connectivity index (χ0n) is 14.1. The number of amides is 1. The fourth-order valence-corrected chi connectivity index (χ4v) is 4.12. The van der Waals surface area contributed by atoms with Crippen molar-refractivity contribution in [1.29, 1.82) is 0 Å². The third-order valence-electron chi connectivity index (χ3n) is 4.72. The summed E-state index contributed by atoms with van der Waals surface area (Å²) in [6.07, 6.45) is 3.64. The molecule has 0 bridgehead atoms. The van der Waals surface area contributed by atoms with E-state index in [0.29, 0.717) is 48.3 Å². The van der Waals surface area contributed by atoms with Crippen molar-refractivity contribution in [3.63, 3.8) is 0 Å². The summed E-state index contributed by atoms with van der Waals surface area (Å²) in [5.41, 5.74) is 5.59. The number of likely N-dealkylation sites (N-methyl/N-ethyl adjacent to an activating group) is 1. The highest BCUT2D eigenvalue weighted by molar-refractivity contribution is 7.87. The van der Waals surface area contributed by atoms with Crippen LogP contribution < -0.4 is 10.9 Å². The van der Waals surface area contributed by atoms with Crippen LogP contribution in [-0.4, -0.2) is 54.4 Å². The van der Waals surface area contributed by atoms with Crippen LogP contribution in [0.5, 0.6) is 0 Å². The number of nitrogens with two attached hydrogens (primary N) is 2. The maximum Gasteiger partial charge on any atom is 0.353 e. The molecule has 2 rings (SSSR count). The van der Waals surface area contributed by atoms with Gasteiger partial charge in [-0.1, -0.05) is 0 Å². The average molecular weight is 372 g/mol. The highest BCUT2D eigenvalue weighted by Gasteiger charge is 2.32. The predicted molar refractivity (Wildman–Crippen MR) is 91.3 cm³/mol. The lowest BCUT2D eigenvalue weighted by atomic mass is 9.78. The highest BCUT2D eigenvalue weighted by atomic mass is 32.2. The highest BCUT2D eigenvalue weighted by Crippen LogP contribution is 2.38. The van der Waals surface area contributed by atoms with Crippen LogP contribution in [0.1, 0.15) is 47.7 Å². The van der Waals surface area contributed by atoms with E-state index in [-0.39, 0.29) is 23.4 Å². The van der Waals surface area contributed by atoms with Crippen LogP contribution in [0.2, 0.25) is 0 Å². The van der Waals surface area contributed by atoms with E-state index in [9.17, 15) is 23.1 Å². The normalized spacial score (nSPS) is 21.1. The lowest BCUT2D eigenvalue weighted by Gasteiger charge is -2.30. The SMILES string of the molecule is CN(CCN)C(=O)C1CCC(c2ccn(S(N)(=O)=O)c2C(=O)O)CC1. The molecule has 1 fully saturated rings. The van der Waals surface area contributed by atoms with Crippen molar-refractivity contribution in [1.82, 2.24) is 8.87 Å². The molecule has 0 aliphatic heterocycles. The van der Waals surface area contributed by atoms with Gasteiger partial charge >= 0.3 is 16.2 Å². The fraction of sp³-hybridized carbons (Fsp3) is 0.600. The summed E-state index contributed by atoms with van der Waals surface area (Å²) in [4.78, 5) is 25.4. The van der Waals surface area contributed by atoms with E-state index in [4.69, 9.17) is 10.9 Å². The molecule has 5 N–H and O–H groups in total. The van der Waals surface area contributed by atoms with Crippen molar-refractivity contribution >= 4 is 22.1 Å². The standard InChI is InChI=1S/C15H24N4O5S/c1-18(9-7-16)14(20)11-4-2-10(3-5-11)12-6-8-19(25(17,23)24)13(12)15(21)22/h6,8,10-11H,2-5,7,9,16H2,1H3,(H,21,22)(H2,17,23,24). The number of carboxylic acids is 1. The number of nitrogens with zero attached hydrogens (tertiary/aromatic N) is 2. The minimum absolute atomic E-state index is 0.0458. The van der Waals surface area contributed by atoms with Gasteiger partial charge in [-0.05, 0) is 43.2 Å². The van der Waals surface area contributed by atoms with Gasteiger partial charge < -0.3 is 15.7 Å². The third-order valence-corrected chi connectivity index (χ3v) is 5.57. The summed E-state index contributed by atoms with van der Waals surface area (Å²) in [7, 11) is -2.46. The maximum absolute atomic E-state index is 12.3. The van der Waals surface area contributed by atoms with Crippen molar-refractivity contribution in [3.8, 4) is 0 Å². The number of hydrogen-bond donors (Lipinski definition) is 3. The number of hydrogen-bond acceptors (Lipinski definition) is 5. The number of aromatic carboxylic acids is 1. The summed E-state index contributed by atoms with van der Waals surface area (Å²) in [6.45, 7) is 0.903. The smallest absolute Gasteiger partial charge is 0.353 e. The van der Waals surface area contributed by atoms with E-state index < -0.39 is 16.2 Å². The molecule has 1 aliphatic carbocycles. The molecule has 9 nitrogen and oxygen atoms in total. The van der Waals surface area contributed by atoms with Gasteiger partial charge in [0, 0.05) is 32.3 Å². The Bertz CT molecular complexity index is 750. The van der Waals surface area contributed by atoms with Gasteiger partial charge in [0.1, 0.15) is 5.69 Å². The minimum Gasteiger partial charge on any atom is -0.477 e. The van der Waals surface area contributed by atoms with Crippen LogP contribution in [0.25, 0.3) is 0 Å². The van der Waals surface area contributed by atoms with Gasteiger partial charge in [-0.3, -0.25) is 4.79 Å². The zero-order chi connectivity index (χ0) is 18.8. The van der Waals surface area contributed by atoms with Crippen LogP contribution in [0.3, 0.4) is 0 Å². The van der Waals surface area contributed by atoms with Gasteiger partial charge in [0.05, 0.1) is 0 Å². The number of rotatable bonds is 6. The predicted octanol–water partition coefficient (Wildman–Crippen LogP) is -0.0712. The molecular weight excluding hydrogens is 348 g/mol. The Morgan fingerprint density at radius 1 is 1.32 bits per heavy atom. The minimum atomic E-state index is -4.17. The Morgan fingerprint density at radius 2 is 1.92 bits per heavy atom. The molecule has 10 heteroatoms. The quantitative estimate of drug-likeness (QED) is 0.636. The van der Waals surface area contributed by atoms with E-state index >= 15 is 0 Å². The zero-order valence-corrected chi connectivity index (χ0v) is 14.9. The number of carbonyl (C=O) groups is 2. The molecule has 0 unspecified atom stereocenters. The molecule has 0 saturated heterocycles. The Labute approximate surface area is 146 Å². The molecule has 140 valence electrons. The first-order valence-corrected chi connectivity index (χ1v) is 9.60. The van der Waals surface area contributed by atoms with Crippen LogP contribution in [0.4, 0.5) is 0 Å². The Balaban J connectivity index is 2.15. The van der Waals surface area contributed by atoms with E-state index in [2.05, 4.69) is 0 Å². The second-order valence-electron chi connectivity index (χ2n) is 6.36. The molecule has 25 heavy (non-hydrogen) atoms. The van der Waals surface area contributed by atoms with Crippen LogP contribution in [-0.2, 0) is 15.0 Å². The lowest BCUT2D eigenvalue weighted by Crippen LogP contribution is -2.37. The van der Waals surface area contributed by atoms with Gasteiger partial charge in [-0.2, -0.15) is 8.42 Å². The summed E-state index contributed by atoms with van der Waals surface area (Å²) in [6, 6.07) is 1.49. The van der Waals surface area contributed by atoms with E-state index in [0.717, 1.165) is 0 Å². The van der Waals surface area contributed by atoms with Gasteiger partial charge in [-0.25, -0.2) is 13.9 Å². The Kier molecular flexibility index (Phi) is 5.86. The van der Waals surface area contributed by atoms with Crippen LogP contribution >= 0.6 is 0 Å². The summed E-state index contributed by atoms with van der Waals surface area (Å²) in [5.74, 6) is -1.52. The third kappa shape index (κ3) is 4.20. The molecule has 1 aromatic heterocycles. The molecular formula is C15H24N4O5S. The van der Waals surface area contributed by atoms with Gasteiger partial charge in [0.25, 0.3) is 0 Å². The summed E-state index contributed by atoms with van der Waals surface area (Å²) in [5, 5.41) is 14.5. The Morgan fingerprint density at radius 3 is 2.40 bits per heavy atom. The largest absolute Gasteiger partial charge is 0.477 e. The molecule has 1 heterocycles. The van der Waals surface area contributed by atoms with Crippen molar-refractivity contribution in [3.05, 3.63) is 23.5 Å². The number of aromatic nitrogens is 1. The van der Waals surface area contributed by atoms with Gasteiger partial charge in [0.2, 0.25) is 5.91 Å². The first-order chi connectivity index (χ1) is 11.7. The monoisotopic (exact) mass is 372 g/mol. The fourth-order valence-electron chi connectivity index (χ4n) is 3.45. The van der Waals surface area contributed by atoms with E-state index in [1.54, 1.807) is 11.9 Å². The molecule has 1 aromatic rings. The van der Waals surface area contributed by atoms with Crippen LogP contribution in [0, 0.1) is 5.92 Å². The molecule has 1 amide bonds. The van der Waals surface area contributed by atoms with Gasteiger partial charge in [0.15, 0.2) is 0 Å². The van der Waals surface area contributed by atoms with Crippen molar-refractivity contribution in [2.75, 3.05) is 20.1 Å². The van der Waals surface area contributed by atoms with Crippen molar-refractivity contribution in [2.24, 2.45) is 16.8 Å². The van der Waals surface area contributed by atoms with E-state index in [1.165, 1.54) is 12.3 Å². The number of carbonyl (C=O) groups excluding carboxylic acids is 1. The lowest BCUT2D eigenvalue weighted by molar-refractivity contribution is -0.135. The van der Waals surface area contributed by atoms with Crippen LogP contribution in [0.15, 0.2) is 12.3 Å². The molecule has 1 saturated carbocycles. The Hall–Kier alpha value is -1.91. The van der Waals surface area contributed by atoms with Gasteiger partial charge in [-0.15, -0.1) is 0 Å². The second-order valence-corrected chi connectivity index (χ2v) is 7.79. The number of carboxylic acid groups (broad SMARTS) is 1. The maximum atomic E-state index is 12.3. The van der Waals surface area contributed by atoms with Crippen molar-refractivity contribution < 1.29 is 23.1 Å². The average Bonchev–Trinajstić information content (AvgIpc) is 3.00. The molecule has 0 spiro atoms. The molecule has 0 aromatic carbocycles. The first-order valence-electron chi connectivity index (χ1n) is 8.09. The van der Waals surface area contributed by atoms with Crippen molar-refractivity contribution in [2.45, 2.75) is 31.6 Å². The first kappa shape index (κ1) is 19.4. The molecule has 1 aliphatic rings. The van der Waals surface area contributed by atoms with E-state index in [1.807, 2.05) is 0 Å². The second kappa shape index (κ2) is 7.54. The molecule has 0 radical (unpaired) electrons.